The zero-order valence-electron chi connectivity index (χ0n) is 12.1. The standard InChI is InChI=1S/C16H24O2/c1-12(2)15(17)18-11-14-8-6-13(7-9-14)10-16(3,4)5/h6-9,12H,10-11H2,1-5H3. The van der Waals surface area contributed by atoms with E-state index in [2.05, 4.69) is 32.9 Å². The monoisotopic (exact) mass is 248 g/mol. The molecule has 0 aliphatic rings. The first-order chi connectivity index (χ1) is 8.28. The summed E-state index contributed by atoms with van der Waals surface area (Å²) in [7, 11) is 0. The largest absolute Gasteiger partial charge is 0.461 e. The number of hydrogen-bond acceptors (Lipinski definition) is 2. The van der Waals surface area contributed by atoms with Crippen LogP contribution < -0.4 is 0 Å². The molecule has 0 N–H and O–H groups in total. The molecule has 100 valence electrons. The summed E-state index contributed by atoms with van der Waals surface area (Å²) in [4.78, 5) is 11.3. The van der Waals surface area contributed by atoms with Gasteiger partial charge in [-0.2, -0.15) is 0 Å². The molecule has 18 heavy (non-hydrogen) atoms. The number of esters is 1. The molecular formula is C16H24O2. The van der Waals surface area contributed by atoms with Gasteiger partial charge in [0.2, 0.25) is 0 Å². The lowest BCUT2D eigenvalue weighted by Crippen LogP contribution is -2.11. The molecule has 0 unspecified atom stereocenters. The summed E-state index contributed by atoms with van der Waals surface area (Å²) >= 11 is 0. The molecule has 0 saturated heterocycles. The van der Waals surface area contributed by atoms with Gasteiger partial charge in [0.15, 0.2) is 0 Å². The Bertz CT molecular complexity index is 383. The molecule has 0 radical (unpaired) electrons. The van der Waals surface area contributed by atoms with Crippen LogP contribution in [-0.4, -0.2) is 5.97 Å². The van der Waals surface area contributed by atoms with Crippen molar-refractivity contribution in [1.29, 1.82) is 0 Å². The van der Waals surface area contributed by atoms with Gasteiger partial charge < -0.3 is 4.74 Å². The number of benzene rings is 1. The summed E-state index contributed by atoms with van der Waals surface area (Å²) in [6.07, 6.45) is 1.05. The summed E-state index contributed by atoms with van der Waals surface area (Å²) in [5.74, 6) is -0.209. The first kappa shape index (κ1) is 14.7. The highest BCUT2D eigenvalue weighted by Crippen LogP contribution is 2.20. The second kappa shape index (κ2) is 6.03. The van der Waals surface area contributed by atoms with Gasteiger partial charge in [0.1, 0.15) is 6.61 Å². The van der Waals surface area contributed by atoms with E-state index in [1.54, 1.807) is 0 Å². The maximum Gasteiger partial charge on any atom is 0.308 e. The average molecular weight is 248 g/mol. The molecule has 0 aliphatic heterocycles. The minimum Gasteiger partial charge on any atom is -0.461 e. The minimum atomic E-state index is -0.145. The van der Waals surface area contributed by atoms with Crippen LogP contribution in [0.1, 0.15) is 45.7 Å². The summed E-state index contributed by atoms with van der Waals surface area (Å²) in [6, 6.07) is 8.30. The second-order valence-electron chi connectivity index (χ2n) is 6.32. The molecule has 2 heteroatoms. The number of carbonyl (C=O) groups is 1. The number of rotatable bonds is 4. The zero-order chi connectivity index (χ0) is 13.8. The van der Waals surface area contributed by atoms with E-state index in [0.29, 0.717) is 12.0 Å². The Hall–Kier alpha value is -1.31. The van der Waals surface area contributed by atoms with Gasteiger partial charge in [0, 0.05) is 0 Å². The molecule has 0 aliphatic carbocycles. The molecule has 0 bridgehead atoms. The maximum atomic E-state index is 11.3. The summed E-state index contributed by atoms with van der Waals surface area (Å²) < 4.78 is 5.19. The van der Waals surface area contributed by atoms with Crippen molar-refractivity contribution in [3.63, 3.8) is 0 Å². The van der Waals surface area contributed by atoms with Crippen LogP contribution in [0.25, 0.3) is 0 Å². The third kappa shape index (κ3) is 5.35. The van der Waals surface area contributed by atoms with Gasteiger partial charge in [0.25, 0.3) is 0 Å². The van der Waals surface area contributed by atoms with Crippen molar-refractivity contribution in [1.82, 2.24) is 0 Å². The normalized spacial score (nSPS) is 11.7. The average Bonchev–Trinajstić information content (AvgIpc) is 2.25. The molecule has 0 saturated carbocycles. The lowest BCUT2D eigenvalue weighted by atomic mass is 9.88. The molecule has 0 aromatic heterocycles. The minimum absolute atomic E-state index is 0.0647. The fourth-order valence-corrected chi connectivity index (χ4v) is 1.69. The lowest BCUT2D eigenvalue weighted by molar-refractivity contribution is -0.148. The Morgan fingerprint density at radius 3 is 2.06 bits per heavy atom. The fraction of sp³-hybridized carbons (Fsp3) is 0.562. The van der Waals surface area contributed by atoms with E-state index in [1.807, 2.05) is 26.0 Å². The Kier molecular flexibility index (Phi) is 4.94. The summed E-state index contributed by atoms with van der Waals surface area (Å²) in [5.41, 5.74) is 2.66. The van der Waals surface area contributed by atoms with Crippen molar-refractivity contribution in [2.24, 2.45) is 11.3 Å². The van der Waals surface area contributed by atoms with Crippen molar-refractivity contribution in [2.75, 3.05) is 0 Å². The SMILES string of the molecule is CC(C)C(=O)OCc1ccc(CC(C)(C)C)cc1. The van der Waals surface area contributed by atoms with Gasteiger partial charge in [-0.15, -0.1) is 0 Å². The summed E-state index contributed by atoms with van der Waals surface area (Å²) in [6.45, 7) is 10.7. The number of carbonyl (C=O) groups excluding carboxylic acids is 1. The zero-order valence-corrected chi connectivity index (χ0v) is 12.1. The van der Waals surface area contributed by atoms with Crippen LogP contribution in [0.4, 0.5) is 0 Å². The molecule has 0 heterocycles. The highest BCUT2D eigenvalue weighted by molar-refractivity contribution is 5.71. The van der Waals surface area contributed by atoms with Crippen LogP contribution in [-0.2, 0) is 22.6 Å². The number of hydrogen-bond donors (Lipinski definition) is 0. The van der Waals surface area contributed by atoms with E-state index in [-0.39, 0.29) is 11.9 Å². The first-order valence-corrected chi connectivity index (χ1v) is 6.52. The van der Waals surface area contributed by atoms with Crippen molar-refractivity contribution in [2.45, 2.75) is 47.6 Å². The molecule has 0 fully saturated rings. The van der Waals surface area contributed by atoms with Crippen LogP contribution in [0, 0.1) is 11.3 Å². The van der Waals surface area contributed by atoms with Crippen molar-refractivity contribution in [3.05, 3.63) is 35.4 Å². The van der Waals surface area contributed by atoms with Gasteiger partial charge in [-0.05, 0) is 23.0 Å². The predicted octanol–water partition coefficient (Wildman–Crippen LogP) is 3.97. The van der Waals surface area contributed by atoms with Crippen molar-refractivity contribution >= 4 is 5.97 Å². The van der Waals surface area contributed by atoms with E-state index in [4.69, 9.17) is 4.74 Å². The van der Waals surface area contributed by atoms with E-state index in [0.717, 1.165) is 12.0 Å². The molecule has 1 aromatic rings. The topological polar surface area (TPSA) is 26.3 Å². The maximum absolute atomic E-state index is 11.3. The highest BCUT2D eigenvalue weighted by atomic mass is 16.5. The van der Waals surface area contributed by atoms with Crippen LogP contribution in [0.15, 0.2) is 24.3 Å². The third-order valence-electron chi connectivity index (χ3n) is 2.61. The Balaban J connectivity index is 2.53. The van der Waals surface area contributed by atoms with Gasteiger partial charge in [-0.3, -0.25) is 4.79 Å². The molecule has 1 rings (SSSR count). The third-order valence-corrected chi connectivity index (χ3v) is 2.61. The molecule has 0 amide bonds. The fourth-order valence-electron chi connectivity index (χ4n) is 1.69. The summed E-state index contributed by atoms with van der Waals surface area (Å²) in [5, 5.41) is 0. The van der Waals surface area contributed by atoms with E-state index in [9.17, 15) is 4.79 Å². The molecular weight excluding hydrogens is 224 g/mol. The predicted molar refractivity (Wildman–Crippen MR) is 74.2 cm³/mol. The Morgan fingerprint density at radius 1 is 1.11 bits per heavy atom. The van der Waals surface area contributed by atoms with Gasteiger partial charge in [0.05, 0.1) is 5.92 Å². The Morgan fingerprint density at radius 2 is 1.61 bits per heavy atom. The Labute approximate surface area is 110 Å². The van der Waals surface area contributed by atoms with Crippen LogP contribution >= 0.6 is 0 Å². The van der Waals surface area contributed by atoms with Gasteiger partial charge >= 0.3 is 5.97 Å². The smallest absolute Gasteiger partial charge is 0.308 e. The van der Waals surface area contributed by atoms with Crippen molar-refractivity contribution in [3.8, 4) is 0 Å². The van der Waals surface area contributed by atoms with Crippen LogP contribution in [0.3, 0.4) is 0 Å². The first-order valence-electron chi connectivity index (χ1n) is 6.52. The lowest BCUT2D eigenvalue weighted by Gasteiger charge is -2.18. The molecule has 2 nitrogen and oxygen atoms in total. The molecule has 0 atom stereocenters. The van der Waals surface area contributed by atoms with Crippen LogP contribution in [0.5, 0.6) is 0 Å². The van der Waals surface area contributed by atoms with E-state index < -0.39 is 0 Å². The number of ether oxygens (including phenoxy) is 1. The van der Waals surface area contributed by atoms with Crippen LogP contribution in [0.2, 0.25) is 0 Å². The molecule has 1 aromatic carbocycles. The van der Waals surface area contributed by atoms with Gasteiger partial charge in [-0.25, -0.2) is 0 Å². The van der Waals surface area contributed by atoms with Gasteiger partial charge in [-0.1, -0.05) is 58.9 Å². The highest BCUT2D eigenvalue weighted by Gasteiger charge is 2.11. The molecule has 0 spiro atoms. The second-order valence-corrected chi connectivity index (χ2v) is 6.32. The van der Waals surface area contributed by atoms with E-state index in [1.165, 1.54) is 5.56 Å². The van der Waals surface area contributed by atoms with Crippen molar-refractivity contribution < 1.29 is 9.53 Å². The quantitative estimate of drug-likeness (QED) is 0.753. The van der Waals surface area contributed by atoms with E-state index >= 15 is 0 Å².